The molecule has 0 amide bonds. The van der Waals surface area contributed by atoms with Gasteiger partial charge in [0.1, 0.15) is 0 Å². The molecule has 7 atom stereocenters. The molecule has 1 nitrogen and oxygen atoms in total. The van der Waals surface area contributed by atoms with Gasteiger partial charge in [-0.25, -0.2) is 0 Å². The van der Waals surface area contributed by atoms with E-state index in [2.05, 4.69) is 139 Å². The van der Waals surface area contributed by atoms with E-state index in [-0.39, 0.29) is 10.8 Å². The number of hydrogen-bond donors (Lipinski definition) is 0. The number of anilines is 3. The lowest BCUT2D eigenvalue weighted by Gasteiger charge is -2.54. The summed E-state index contributed by atoms with van der Waals surface area (Å²) in [5.74, 6) is 3.84. The topological polar surface area (TPSA) is 3.24 Å². The van der Waals surface area contributed by atoms with Crippen molar-refractivity contribution in [2.45, 2.75) is 82.0 Å². The maximum Gasteiger partial charge on any atom is 0.0543 e. The molecule has 0 N–H and O–H groups in total. The van der Waals surface area contributed by atoms with Gasteiger partial charge in [0.15, 0.2) is 0 Å². The second-order valence-electron chi connectivity index (χ2n) is 18.6. The molecule has 1 heterocycles. The Balaban J connectivity index is 1.08. The minimum Gasteiger partial charge on any atom is -0.310 e. The summed E-state index contributed by atoms with van der Waals surface area (Å²) in [5, 5.41) is 2.73. The van der Waals surface area contributed by atoms with E-state index in [1.165, 1.54) is 124 Å². The quantitative estimate of drug-likeness (QED) is 0.174. The third-order valence-electron chi connectivity index (χ3n) is 16.5. The van der Waals surface area contributed by atoms with Gasteiger partial charge in [-0.05, 0) is 143 Å². The average molecular weight is 744 g/mol. The Bertz CT molecular complexity index is 2750. The Kier molecular flexibility index (Phi) is 6.78. The van der Waals surface area contributed by atoms with Crippen LogP contribution in [-0.2, 0) is 10.8 Å². The van der Waals surface area contributed by atoms with Gasteiger partial charge in [-0.1, -0.05) is 124 Å². The zero-order chi connectivity index (χ0) is 36.8. The molecule has 4 fully saturated rings. The molecule has 4 saturated carbocycles. The highest BCUT2D eigenvalue weighted by Gasteiger charge is 2.58. The minimum absolute atomic E-state index is 0.0765. The second kappa shape index (κ2) is 11.7. The summed E-state index contributed by atoms with van der Waals surface area (Å²) in [6.07, 6.45) is 13.6. The van der Waals surface area contributed by atoms with Crippen LogP contribution in [0.3, 0.4) is 0 Å². The van der Waals surface area contributed by atoms with Gasteiger partial charge in [0.2, 0.25) is 0 Å². The molecule has 0 saturated heterocycles. The highest BCUT2D eigenvalue weighted by molar-refractivity contribution is 7.25. The molecule has 7 unspecified atom stereocenters. The lowest BCUT2D eigenvalue weighted by Crippen LogP contribution is -2.48. The van der Waals surface area contributed by atoms with E-state index in [9.17, 15) is 0 Å². The summed E-state index contributed by atoms with van der Waals surface area (Å²) in [5.41, 5.74) is 16.5. The van der Waals surface area contributed by atoms with Crippen molar-refractivity contribution in [1.82, 2.24) is 0 Å². The lowest BCUT2D eigenvalue weighted by molar-refractivity contribution is 0.0557. The fourth-order valence-corrected chi connectivity index (χ4v) is 15.7. The molecule has 4 bridgehead atoms. The second-order valence-corrected chi connectivity index (χ2v) is 19.7. The number of rotatable bonds is 4. The van der Waals surface area contributed by atoms with Crippen molar-refractivity contribution in [1.29, 1.82) is 0 Å². The van der Waals surface area contributed by atoms with E-state index in [1.54, 1.807) is 22.3 Å². The maximum absolute atomic E-state index is 2.70. The van der Waals surface area contributed by atoms with Crippen molar-refractivity contribution in [3.8, 4) is 22.3 Å². The molecule has 0 radical (unpaired) electrons. The first-order valence-electron chi connectivity index (χ1n) is 21.9. The van der Waals surface area contributed by atoms with Gasteiger partial charge in [0, 0.05) is 47.9 Å². The molecule has 276 valence electrons. The van der Waals surface area contributed by atoms with Crippen LogP contribution in [0.1, 0.15) is 93.4 Å². The van der Waals surface area contributed by atoms with E-state index >= 15 is 0 Å². The van der Waals surface area contributed by atoms with Gasteiger partial charge in [-0.3, -0.25) is 0 Å². The third-order valence-corrected chi connectivity index (χ3v) is 17.6. The highest BCUT2D eigenvalue weighted by Crippen LogP contribution is 2.68. The predicted octanol–water partition coefficient (Wildman–Crippen LogP) is 15.1. The minimum atomic E-state index is 0.0765. The smallest absolute Gasteiger partial charge is 0.0543 e. The van der Waals surface area contributed by atoms with Crippen LogP contribution in [0.25, 0.3) is 42.4 Å². The van der Waals surface area contributed by atoms with Crippen LogP contribution in [0.5, 0.6) is 0 Å². The fraction of sp³-hybridized carbons (Fsp3) is 0.333. The van der Waals surface area contributed by atoms with E-state index in [4.69, 9.17) is 0 Å². The van der Waals surface area contributed by atoms with Crippen LogP contribution in [0.2, 0.25) is 0 Å². The van der Waals surface area contributed by atoms with Gasteiger partial charge >= 0.3 is 0 Å². The number of hydrogen-bond acceptors (Lipinski definition) is 2. The van der Waals surface area contributed by atoms with Crippen LogP contribution < -0.4 is 4.90 Å². The van der Waals surface area contributed by atoms with Crippen molar-refractivity contribution < 1.29 is 0 Å². The molecule has 6 aromatic carbocycles. The van der Waals surface area contributed by atoms with Crippen molar-refractivity contribution in [2.24, 2.45) is 29.6 Å². The van der Waals surface area contributed by atoms with Gasteiger partial charge in [-0.15, -0.1) is 11.3 Å². The van der Waals surface area contributed by atoms with Crippen molar-refractivity contribution in [3.05, 3.63) is 150 Å². The number of benzene rings is 6. The summed E-state index contributed by atoms with van der Waals surface area (Å²) >= 11 is 1.94. The molecule has 56 heavy (non-hydrogen) atoms. The molecule has 6 aliphatic rings. The summed E-state index contributed by atoms with van der Waals surface area (Å²) in [4.78, 5) is 2.69. The Morgan fingerprint density at radius 2 is 1.32 bits per heavy atom. The molecule has 13 rings (SSSR count). The van der Waals surface area contributed by atoms with Crippen LogP contribution in [0.4, 0.5) is 17.1 Å². The third kappa shape index (κ3) is 4.07. The first-order valence-corrected chi connectivity index (χ1v) is 22.7. The summed E-state index contributed by atoms with van der Waals surface area (Å²) < 4.78 is 2.73. The molecular formula is C54H49NS. The summed E-state index contributed by atoms with van der Waals surface area (Å²) in [7, 11) is 0. The summed E-state index contributed by atoms with van der Waals surface area (Å²) in [6.45, 7) is 2.49. The molecule has 2 heteroatoms. The first-order chi connectivity index (χ1) is 27.7. The lowest BCUT2D eigenvalue weighted by atomic mass is 9.50. The predicted molar refractivity (Wildman–Crippen MR) is 236 cm³/mol. The average Bonchev–Trinajstić information content (AvgIpc) is 4.06. The van der Waals surface area contributed by atoms with Crippen LogP contribution in [-0.4, -0.2) is 0 Å². The van der Waals surface area contributed by atoms with Gasteiger partial charge in [0.05, 0.1) is 5.69 Å². The van der Waals surface area contributed by atoms with Gasteiger partial charge in [0.25, 0.3) is 0 Å². The Hall–Kier alpha value is -4.66. The summed E-state index contributed by atoms with van der Waals surface area (Å²) in [6, 6.07) is 50.5. The number of thiophene rings is 1. The zero-order valence-electron chi connectivity index (χ0n) is 32.4. The molecule has 6 aliphatic carbocycles. The molecule has 2 spiro atoms. The maximum atomic E-state index is 2.70. The highest BCUT2D eigenvalue weighted by atomic mass is 32.1. The monoisotopic (exact) mass is 743 g/mol. The number of nitrogens with zero attached hydrogens (tertiary/aromatic N) is 1. The Morgan fingerprint density at radius 3 is 2.20 bits per heavy atom. The molecule has 0 aliphatic heterocycles. The molecule has 7 aromatic rings. The zero-order valence-corrected chi connectivity index (χ0v) is 33.3. The molecule has 1 aromatic heterocycles. The standard InChI is InChI=1S/C54H49NS/c1-2-35-27-33-11-9-12-37(28-33)54(35)46-17-7-3-13-40(46)41-25-23-38(30-48(41)54)55(39-24-26-43-42-14-5-8-20-50(42)56-51(43)31-39)49-19-10-18-47-52(49)44-15-4-6-16-45(44)53(47)32-34-21-22-36(53)29-34/h3-8,10,13-20,23-26,30-31,33-37H,2,9,11-12,21-22,27-29,32H2,1H3. The SMILES string of the molecule is CCC1CC2CCCC(C2)C12c1ccccc1-c1ccc(N(c3ccc4c(c3)sc3ccccc34)c3cccc4c3-c3ccccc3C43CC4CCC3C4)cc12. The van der Waals surface area contributed by atoms with E-state index < -0.39 is 0 Å². The van der Waals surface area contributed by atoms with Crippen molar-refractivity contribution in [2.75, 3.05) is 4.90 Å². The largest absolute Gasteiger partial charge is 0.310 e. The Labute approximate surface area is 335 Å². The number of fused-ring (bicyclic) bond motifs is 19. The normalized spacial score (nSPS) is 28.9. The molecular weight excluding hydrogens is 695 g/mol. The van der Waals surface area contributed by atoms with Crippen LogP contribution >= 0.6 is 11.3 Å². The van der Waals surface area contributed by atoms with E-state index in [1.807, 2.05) is 11.3 Å². The van der Waals surface area contributed by atoms with Gasteiger partial charge < -0.3 is 4.90 Å². The van der Waals surface area contributed by atoms with Crippen LogP contribution in [0, 0.1) is 29.6 Å². The Morgan fingerprint density at radius 1 is 0.571 bits per heavy atom. The van der Waals surface area contributed by atoms with E-state index in [0.717, 1.165) is 17.8 Å². The van der Waals surface area contributed by atoms with E-state index in [0.29, 0.717) is 11.8 Å². The van der Waals surface area contributed by atoms with Gasteiger partial charge in [-0.2, -0.15) is 0 Å². The van der Waals surface area contributed by atoms with Crippen molar-refractivity contribution in [3.63, 3.8) is 0 Å². The van der Waals surface area contributed by atoms with Crippen LogP contribution in [0.15, 0.2) is 127 Å². The van der Waals surface area contributed by atoms with Crippen molar-refractivity contribution >= 4 is 48.6 Å². The fourth-order valence-electron chi connectivity index (χ4n) is 14.6. The first kappa shape index (κ1) is 32.4.